The minimum atomic E-state index is 0.136. The molecule has 0 fully saturated rings. The van der Waals surface area contributed by atoms with Crippen molar-refractivity contribution in [2.24, 2.45) is 0 Å². The van der Waals surface area contributed by atoms with E-state index in [1.807, 2.05) is 19.9 Å². The summed E-state index contributed by atoms with van der Waals surface area (Å²) in [6.07, 6.45) is 0. The highest BCUT2D eigenvalue weighted by Gasteiger charge is 2.14. The van der Waals surface area contributed by atoms with Crippen LogP contribution in [0.4, 0.5) is 0 Å². The van der Waals surface area contributed by atoms with Gasteiger partial charge in [-0.25, -0.2) is 0 Å². The largest absolute Gasteiger partial charge is 0.362 e. The molecule has 0 aromatic carbocycles. The maximum Gasteiger partial charge on any atom is 0.174 e. The van der Waals surface area contributed by atoms with Gasteiger partial charge in [-0.1, -0.05) is 24.0 Å². The second kappa shape index (κ2) is 6.95. The average Bonchev–Trinajstić information content (AvgIpc) is 2.67. The fourth-order valence-corrected chi connectivity index (χ4v) is 3.08. The van der Waals surface area contributed by atoms with E-state index in [4.69, 9.17) is 12.2 Å². The molecule has 0 spiro atoms. The standard InChI is InChI=1S/C13H20N2OS2/c1-5-15(6-2)13(17)18-8-12(16)11-7-9(3)14-10(11)4/h7,14H,5-6,8H2,1-4H3. The predicted molar refractivity (Wildman–Crippen MR) is 82.6 cm³/mol. The summed E-state index contributed by atoms with van der Waals surface area (Å²) < 4.78 is 0.804. The van der Waals surface area contributed by atoms with Gasteiger partial charge in [0.15, 0.2) is 5.78 Å². The molecule has 1 N–H and O–H groups in total. The first-order chi connectivity index (χ1) is 8.49. The number of nitrogens with one attached hydrogen (secondary N) is 1. The van der Waals surface area contributed by atoms with Crippen molar-refractivity contribution in [3.05, 3.63) is 23.0 Å². The van der Waals surface area contributed by atoms with Gasteiger partial charge < -0.3 is 9.88 Å². The van der Waals surface area contributed by atoms with Crippen LogP contribution in [0.15, 0.2) is 6.07 Å². The zero-order chi connectivity index (χ0) is 13.7. The van der Waals surface area contributed by atoms with Crippen LogP contribution in [-0.2, 0) is 0 Å². The lowest BCUT2D eigenvalue weighted by molar-refractivity contribution is 0.102. The van der Waals surface area contributed by atoms with E-state index in [0.29, 0.717) is 5.75 Å². The fraction of sp³-hybridized carbons (Fsp3) is 0.538. The molecule has 0 amide bonds. The Kier molecular flexibility index (Phi) is 5.88. The quantitative estimate of drug-likeness (QED) is 0.665. The van der Waals surface area contributed by atoms with E-state index in [1.165, 1.54) is 11.8 Å². The summed E-state index contributed by atoms with van der Waals surface area (Å²) in [4.78, 5) is 17.3. The minimum absolute atomic E-state index is 0.136. The van der Waals surface area contributed by atoms with E-state index >= 15 is 0 Å². The third kappa shape index (κ3) is 3.85. The number of hydrogen-bond donors (Lipinski definition) is 1. The Morgan fingerprint density at radius 2 is 2.00 bits per heavy atom. The molecule has 0 aliphatic carbocycles. The van der Waals surface area contributed by atoms with Gasteiger partial charge in [-0.2, -0.15) is 0 Å². The van der Waals surface area contributed by atoms with Crippen LogP contribution >= 0.6 is 24.0 Å². The van der Waals surface area contributed by atoms with Gasteiger partial charge in [-0.3, -0.25) is 4.79 Å². The lowest BCUT2D eigenvalue weighted by Crippen LogP contribution is -2.27. The summed E-state index contributed by atoms with van der Waals surface area (Å²) in [5.74, 6) is 0.546. The number of aromatic amines is 1. The zero-order valence-corrected chi connectivity index (χ0v) is 13.0. The number of aromatic nitrogens is 1. The van der Waals surface area contributed by atoms with Crippen LogP contribution in [-0.4, -0.2) is 38.8 Å². The number of hydrogen-bond acceptors (Lipinski definition) is 3. The predicted octanol–water partition coefficient (Wildman–Crippen LogP) is 3.17. The van der Waals surface area contributed by atoms with Gasteiger partial charge in [-0.05, 0) is 33.8 Å². The van der Waals surface area contributed by atoms with Crippen LogP contribution in [0, 0.1) is 13.8 Å². The number of thiocarbonyl (C=S) groups is 1. The van der Waals surface area contributed by atoms with E-state index in [2.05, 4.69) is 23.7 Å². The first kappa shape index (κ1) is 15.2. The topological polar surface area (TPSA) is 36.1 Å². The summed E-state index contributed by atoms with van der Waals surface area (Å²) in [5.41, 5.74) is 2.74. The van der Waals surface area contributed by atoms with Crippen molar-refractivity contribution < 1.29 is 4.79 Å². The second-order valence-corrected chi connectivity index (χ2v) is 5.75. The van der Waals surface area contributed by atoms with Gasteiger partial charge >= 0.3 is 0 Å². The van der Waals surface area contributed by atoms with Crippen LogP contribution < -0.4 is 0 Å². The highest BCUT2D eigenvalue weighted by Crippen LogP contribution is 2.15. The summed E-state index contributed by atoms with van der Waals surface area (Å²) in [6.45, 7) is 9.79. The highest BCUT2D eigenvalue weighted by molar-refractivity contribution is 8.23. The molecule has 18 heavy (non-hydrogen) atoms. The first-order valence-corrected chi connectivity index (χ1v) is 7.50. The monoisotopic (exact) mass is 284 g/mol. The third-order valence-electron chi connectivity index (χ3n) is 2.80. The Hall–Kier alpha value is -0.810. The molecule has 0 atom stereocenters. The van der Waals surface area contributed by atoms with Crippen LogP contribution in [0.2, 0.25) is 0 Å². The molecular weight excluding hydrogens is 264 g/mol. The molecule has 1 heterocycles. The zero-order valence-electron chi connectivity index (χ0n) is 11.4. The highest BCUT2D eigenvalue weighted by atomic mass is 32.2. The Balaban J connectivity index is 2.56. The molecule has 3 nitrogen and oxygen atoms in total. The SMILES string of the molecule is CCN(CC)C(=S)SCC(=O)c1cc(C)[nH]c1C. The molecule has 0 saturated carbocycles. The lowest BCUT2D eigenvalue weighted by atomic mass is 10.2. The van der Waals surface area contributed by atoms with Crippen molar-refractivity contribution in [2.75, 3.05) is 18.8 Å². The average molecular weight is 284 g/mol. The Labute approximate surface area is 118 Å². The van der Waals surface area contributed by atoms with Gasteiger partial charge in [0.2, 0.25) is 0 Å². The summed E-state index contributed by atoms with van der Waals surface area (Å²) in [7, 11) is 0. The van der Waals surface area contributed by atoms with Crippen LogP contribution in [0.5, 0.6) is 0 Å². The molecule has 0 radical (unpaired) electrons. The van der Waals surface area contributed by atoms with Gasteiger partial charge in [0.05, 0.1) is 5.75 Å². The Morgan fingerprint density at radius 1 is 1.39 bits per heavy atom. The Morgan fingerprint density at radius 3 is 2.44 bits per heavy atom. The molecule has 1 aromatic heterocycles. The number of H-pyrrole nitrogens is 1. The van der Waals surface area contributed by atoms with E-state index in [-0.39, 0.29) is 5.78 Å². The van der Waals surface area contributed by atoms with Crippen molar-refractivity contribution in [2.45, 2.75) is 27.7 Å². The van der Waals surface area contributed by atoms with E-state index in [9.17, 15) is 4.79 Å². The summed E-state index contributed by atoms with van der Waals surface area (Å²) in [5, 5.41) is 0. The van der Waals surface area contributed by atoms with Crippen molar-refractivity contribution in [3.8, 4) is 0 Å². The molecule has 100 valence electrons. The van der Waals surface area contributed by atoms with Gasteiger partial charge in [0.1, 0.15) is 4.32 Å². The molecule has 0 aliphatic heterocycles. The molecule has 0 unspecified atom stereocenters. The molecule has 0 bridgehead atoms. The molecule has 0 saturated heterocycles. The lowest BCUT2D eigenvalue weighted by Gasteiger charge is -2.20. The van der Waals surface area contributed by atoms with Gasteiger partial charge in [0, 0.05) is 30.0 Å². The molecule has 5 heteroatoms. The van der Waals surface area contributed by atoms with Crippen LogP contribution in [0.3, 0.4) is 0 Å². The van der Waals surface area contributed by atoms with Crippen molar-refractivity contribution in [1.82, 2.24) is 9.88 Å². The number of aryl methyl sites for hydroxylation is 2. The van der Waals surface area contributed by atoms with Gasteiger partial charge in [-0.15, -0.1) is 0 Å². The van der Waals surface area contributed by atoms with Crippen molar-refractivity contribution >= 4 is 34.1 Å². The number of Topliss-reactive ketones (excluding diaryl/α,β-unsaturated/α-hetero) is 1. The number of rotatable bonds is 5. The number of thioether (sulfide) groups is 1. The fourth-order valence-electron chi connectivity index (χ4n) is 1.79. The molecular formula is C13H20N2OS2. The van der Waals surface area contributed by atoms with Crippen molar-refractivity contribution in [1.29, 1.82) is 0 Å². The second-order valence-electron chi connectivity index (χ2n) is 4.14. The first-order valence-electron chi connectivity index (χ1n) is 6.10. The van der Waals surface area contributed by atoms with Crippen LogP contribution in [0.1, 0.15) is 35.6 Å². The van der Waals surface area contributed by atoms with E-state index < -0.39 is 0 Å². The van der Waals surface area contributed by atoms with Gasteiger partial charge in [0.25, 0.3) is 0 Å². The Bertz CT molecular complexity index is 436. The molecule has 0 aliphatic rings. The smallest absolute Gasteiger partial charge is 0.174 e. The molecule has 1 rings (SSSR count). The van der Waals surface area contributed by atoms with Crippen LogP contribution in [0.25, 0.3) is 0 Å². The minimum Gasteiger partial charge on any atom is -0.362 e. The summed E-state index contributed by atoms with van der Waals surface area (Å²) >= 11 is 6.76. The number of ketones is 1. The third-order valence-corrected chi connectivity index (χ3v) is 4.32. The number of carbonyl (C=O) groups excluding carboxylic acids is 1. The summed E-state index contributed by atoms with van der Waals surface area (Å²) in [6, 6.07) is 1.90. The number of nitrogens with zero attached hydrogens (tertiary/aromatic N) is 1. The normalized spacial score (nSPS) is 10.4. The maximum absolute atomic E-state index is 12.1. The van der Waals surface area contributed by atoms with E-state index in [1.54, 1.807) is 0 Å². The van der Waals surface area contributed by atoms with Crippen molar-refractivity contribution in [3.63, 3.8) is 0 Å². The van der Waals surface area contributed by atoms with E-state index in [0.717, 1.165) is 34.4 Å². The maximum atomic E-state index is 12.1. The molecule has 1 aromatic rings. The number of carbonyl (C=O) groups is 1.